The summed E-state index contributed by atoms with van der Waals surface area (Å²) in [6.45, 7) is 2.51. The quantitative estimate of drug-likeness (QED) is 0.619. The molecule has 1 fully saturated rings. The Kier molecular flexibility index (Phi) is 6.06. The van der Waals surface area contributed by atoms with Crippen LogP contribution in [0.2, 0.25) is 10.0 Å². The second-order valence-electron chi connectivity index (χ2n) is 7.07. The number of carbonyl (C=O) groups is 1. The van der Waals surface area contributed by atoms with Crippen LogP contribution >= 0.6 is 23.2 Å². The standard InChI is InChI=1S/C22H20Cl2N4O2/c23-17-7-5-16(6-8-17)19-13-21(29)28(15-25-19)14-22(30)27-11-9-26(10-12-27)20-4-2-1-3-18(20)24/h1-8,13,15H,9-12,14H2. The number of carbonyl (C=O) groups excluding carboxylic acids is 1. The summed E-state index contributed by atoms with van der Waals surface area (Å²) < 4.78 is 1.34. The first-order chi connectivity index (χ1) is 14.5. The van der Waals surface area contributed by atoms with Gasteiger partial charge in [-0.3, -0.25) is 14.2 Å². The van der Waals surface area contributed by atoms with Crippen LogP contribution in [0, 0.1) is 0 Å². The number of para-hydroxylation sites is 1. The molecule has 0 N–H and O–H groups in total. The minimum absolute atomic E-state index is 0.0289. The number of rotatable bonds is 4. The van der Waals surface area contributed by atoms with Gasteiger partial charge in [0, 0.05) is 42.8 Å². The van der Waals surface area contributed by atoms with E-state index in [9.17, 15) is 9.59 Å². The third-order valence-corrected chi connectivity index (χ3v) is 5.72. The zero-order valence-corrected chi connectivity index (χ0v) is 17.7. The van der Waals surface area contributed by atoms with Crippen molar-refractivity contribution in [3.05, 3.63) is 81.3 Å². The number of nitrogens with zero attached hydrogens (tertiary/aromatic N) is 4. The van der Waals surface area contributed by atoms with Crippen LogP contribution in [0.4, 0.5) is 5.69 Å². The highest BCUT2D eigenvalue weighted by Gasteiger charge is 2.22. The zero-order valence-electron chi connectivity index (χ0n) is 16.2. The normalized spacial score (nSPS) is 14.1. The molecule has 154 valence electrons. The average Bonchev–Trinajstić information content (AvgIpc) is 2.76. The van der Waals surface area contributed by atoms with Crippen molar-refractivity contribution < 1.29 is 4.79 Å². The first-order valence-corrected chi connectivity index (χ1v) is 10.4. The highest BCUT2D eigenvalue weighted by atomic mass is 35.5. The second-order valence-corrected chi connectivity index (χ2v) is 7.91. The Hall–Kier alpha value is -2.83. The summed E-state index contributed by atoms with van der Waals surface area (Å²) in [5, 5.41) is 1.32. The number of amides is 1. The average molecular weight is 443 g/mol. The topological polar surface area (TPSA) is 58.4 Å². The van der Waals surface area contributed by atoms with Crippen molar-refractivity contribution in [1.82, 2.24) is 14.5 Å². The van der Waals surface area contributed by atoms with Gasteiger partial charge < -0.3 is 9.80 Å². The van der Waals surface area contributed by atoms with E-state index in [1.807, 2.05) is 24.3 Å². The minimum atomic E-state index is -0.266. The number of benzene rings is 2. The predicted octanol–water partition coefficient (Wildman–Crippen LogP) is 3.57. The van der Waals surface area contributed by atoms with Gasteiger partial charge >= 0.3 is 0 Å². The summed E-state index contributed by atoms with van der Waals surface area (Å²) >= 11 is 12.2. The molecule has 8 heteroatoms. The van der Waals surface area contributed by atoms with Crippen molar-refractivity contribution >= 4 is 34.8 Å². The lowest BCUT2D eigenvalue weighted by Crippen LogP contribution is -2.50. The molecule has 30 heavy (non-hydrogen) atoms. The molecule has 0 spiro atoms. The fourth-order valence-electron chi connectivity index (χ4n) is 3.47. The van der Waals surface area contributed by atoms with Crippen LogP contribution in [-0.4, -0.2) is 46.5 Å². The summed E-state index contributed by atoms with van der Waals surface area (Å²) in [4.78, 5) is 33.4. The van der Waals surface area contributed by atoms with Crippen molar-refractivity contribution in [1.29, 1.82) is 0 Å². The van der Waals surface area contributed by atoms with Gasteiger partial charge in [0.25, 0.3) is 5.56 Å². The lowest BCUT2D eigenvalue weighted by molar-refractivity contribution is -0.132. The molecule has 4 rings (SSSR count). The number of halogens is 2. The van der Waals surface area contributed by atoms with Gasteiger partial charge in [-0.1, -0.05) is 47.5 Å². The van der Waals surface area contributed by atoms with Crippen LogP contribution in [0.1, 0.15) is 0 Å². The lowest BCUT2D eigenvalue weighted by Gasteiger charge is -2.36. The third kappa shape index (κ3) is 4.50. The van der Waals surface area contributed by atoms with Crippen molar-refractivity contribution in [2.75, 3.05) is 31.1 Å². The number of aromatic nitrogens is 2. The summed E-state index contributed by atoms with van der Waals surface area (Å²) in [6, 6.07) is 16.2. The summed E-state index contributed by atoms with van der Waals surface area (Å²) in [7, 11) is 0. The largest absolute Gasteiger partial charge is 0.367 e. The number of hydrogen-bond acceptors (Lipinski definition) is 4. The van der Waals surface area contributed by atoms with Gasteiger partial charge in [-0.2, -0.15) is 0 Å². The fourth-order valence-corrected chi connectivity index (χ4v) is 3.86. The van der Waals surface area contributed by atoms with Crippen LogP contribution in [0.3, 0.4) is 0 Å². The van der Waals surface area contributed by atoms with Crippen LogP contribution in [-0.2, 0) is 11.3 Å². The van der Waals surface area contributed by atoms with Crippen LogP contribution in [0.25, 0.3) is 11.3 Å². The highest BCUT2D eigenvalue weighted by molar-refractivity contribution is 6.33. The Morgan fingerprint density at radius 2 is 1.67 bits per heavy atom. The molecule has 0 radical (unpaired) electrons. The Bertz CT molecular complexity index is 1110. The van der Waals surface area contributed by atoms with E-state index in [4.69, 9.17) is 23.2 Å². The maximum Gasteiger partial charge on any atom is 0.254 e. The van der Waals surface area contributed by atoms with E-state index in [1.165, 1.54) is 17.0 Å². The third-order valence-electron chi connectivity index (χ3n) is 5.15. The van der Waals surface area contributed by atoms with E-state index in [0.717, 1.165) is 11.3 Å². The van der Waals surface area contributed by atoms with Crippen LogP contribution in [0.5, 0.6) is 0 Å². The van der Waals surface area contributed by atoms with Gasteiger partial charge in [-0.25, -0.2) is 4.98 Å². The van der Waals surface area contributed by atoms with E-state index in [2.05, 4.69) is 9.88 Å². The molecule has 0 unspecified atom stereocenters. The Morgan fingerprint density at radius 1 is 0.967 bits per heavy atom. The molecule has 0 bridgehead atoms. The molecule has 2 aromatic carbocycles. The Balaban J connectivity index is 1.39. The number of hydrogen-bond donors (Lipinski definition) is 0. The molecule has 1 amide bonds. The SMILES string of the molecule is O=C(Cn1cnc(-c2ccc(Cl)cc2)cc1=O)N1CCN(c2ccccc2Cl)CC1. The molecule has 3 aromatic rings. The van der Waals surface area contributed by atoms with Gasteiger partial charge in [0.2, 0.25) is 5.91 Å². The van der Waals surface area contributed by atoms with Crippen LogP contribution < -0.4 is 10.5 Å². The van der Waals surface area contributed by atoms with Gasteiger partial charge in [-0.05, 0) is 24.3 Å². The first kappa shape index (κ1) is 20.4. The predicted molar refractivity (Wildman–Crippen MR) is 119 cm³/mol. The summed E-state index contributed by atoms with van der Waals surface area (Å²) in [6.07, 6.45) is 1.42. The maximum absolute atomic E-state index is 12.7. The lowest BCUT2D eigenvalue weighted by atomic mass is 10.1. The van der Waals surface area contributed by atoms with Crippen molar-refractivity contribution in [2.45, 2.75) is 6.54 Å². The zero-order chi connectivity index (χ0) is 21.1. The second kappa shape index (κ2) is 8.90. The Morgan fingerprint density at radius 3 is 2.33 bits per heavy atom. The summed E-state index contributed by atoms with van der Waals surface area (Å²) in [5.74, 6) is -0.100. The smallest absolute Gasteiger partial charge is 0.254 e. The molecular weight excluding hydrogens is 423 g/mol. The first-order valence-electron chi connectivity index (χ1n) is 9.61. The molecule has 2 heterocycles. The molecule has 1 saturated heterocycles. The van der Waals surface area contributed by atoms with Crippen LogP contribution in [0.15, 0.2) is 65.7 Å². The van der Waals surface area contributed by atoms with Gasteiger partial charge in [0.05, 0.1) is 22.7 Å². The summed E-state index contributed by atoms with van der Waals surface area (Å²) in [5.41, 5.74) is 2.06. The Labute approximate surface area is 184 Å². The molecular formula is C22H20Cl2N4O2. The molecule has 0 saturated carbocycles. The molecule has 6 nitrogen and oxygen atoms in total. The van der Waals surface area contributed by atoms with E-state index in [-0.39, 0.29) is 18.0 Å². The van der Waals surface area contributed by atoms with Gasteiger partial charge in [0.1, 0.15) is 6.54 Å². The molecule has 1 aliphatic heterocycles. The molecule has 1 aromatic heterocycles. The van der Waals surface area contributed by atoms with Gasteiger partial charge in [-0.15, -0.1) is 0 Å². The molecule has 1 aliphatic rings. The monoisotopic (exact) mass is 442 g/mol. The van der Waals surface area contributed by atoms with Gasteiger partial charge in [0.15, 0.2) is 0 Å². The number of piperazine rings is 1. The van der Waals surface area contributed by atoms with E-state index in [0.29, 0.717) is 41.9 Å². The molecule has 0 atom stereocenters. The van der Waals surface area contributed by atoms with E-state index in [1.54, 1.807) is 29.2 Å². The van der Waals surface area contributed by atoms with Crippen molar-refractivity contribution in [2.24, 2.45) is 0 Å². The molecule has 0 aliphatic carbocycles. The van der Waals surface area contributed by atoms with E-state index >= 15 is 0 Å². The highest BCUT2D eigenvalue weighted by Crippen LogP contribution is 2.26. The minimum Gasteiger partial charge on any atom is -0.367 e. The fraction of sp³-hybridized carbons (Fsp3) is 0.227. The van der Waals surface area contributed by atoms with Crippen molar-refractivity contribution in [3.8, 4) is 11.3 Å². The van der Waals surface area contributed by atoms with Crippen molar-refractivity contribution in [3.63, 3.8) is 0 Å². The number of anilines is 1. The van der Waals surface area contributed by atoms with E-state index < -0.39 is 0 Å². The maximum atomic E-state index is 12.7.